The summed E-state index contributed by atoms with van der Waals surface area (Å²) in [7, 11) is 0. The predicted octanol–water partition coefficient (Wildman–Crippen LogP) is 3.04. The second kappa shape index (κ2) is 4.22. The van der Waals surface area contributed by atoms with Crippen LogP contribution in [0.4, 0.5) is 26.0 Å². The maximum Gasteiger partial charge on any atom is 0.586 e. The Kier molecular flexibility index (Phi) is 2.63. The van der Waals surface area contributed by atoms with Crippen molar-refractivity contribution in [3.8, 4) is 11.5 Å². The van der Waals surface area contributed by atoms with Crippen molar-refractivity contribution < 1.29 is 18.3 Å². The summed E-state index contributed by atoms with van der Waals surface area (Å²) in [5.74, 6) is 0.538. The maximum absolute atomic E-state index is 12.9. The first-order valence-corrected chi connectivity index (χ1v) is 5.83. The Morgan fingerprint density at radius 2 is 1.90 bits per heavy atom. The van der Waals surface area contributed by atoms with Crippen LogP contribution >= 0.6 is 0 Å². The van der Waals surface area contributed by atoms with Crippen LogP contribution in [-0.2, 0) is 0 Å². The van der Waals surface area contributed by atoms with E-state index in [1.165, 1.54) is 12.1 Å². The molecule has 0 radical (unpaired) electrons. The fourth-order valence-corrected chi connectivity index (χ4v) is 1.82. The van der Waals surface area contributed by atoms with E-state index in [1.807, 2.05) is 0 Å². The number of aromatic nitrogens is 1. The number of ether oxygens (including phenoxy) is 2. The number of hydrogen-bond donors (Lipinski definition) is 2. The van der Waals surface area contributed by atoms with E-state index in [9.17, 15) is 8.78 Å². The molecule has 3 rings (SSSR count). The smallest absolute Gasteiger partial charge is 0.397 e. The Hall–Kier alpha value is -2.57. The fourth-order valence-electron chi connectivity index (χ4n) is 1.82. The number of nitrogen functional groups attached to an aromatic ring is 1. The van der Waals surface area contributed by atoms with Gasteiger partial charge in [-0.2, -0.15) is 0 Å². The van der Waals surface area contributed by atoms with E-state index < -0.39 is 6.29 Å². The number of aryl methyl sites for hydroxylation is 1. The Morgan fingerprint density at radius 1 is 1.15 bits per heavy atom. The molecule has 0 spiro atoms. The molecule has 104 valence electrons. The van der Waals surface area contributed by atoms with Gasteiger partial charge >= 0.3 is 6.29 Å². The van der Waals surface area contributed by atoms with Gasteiger partial charge in [0, 0.05) is 11.8 Å². The van der Waals surface area contributed by atoms with Crippen molar-refractivity contribution in [1.29, 1.82) is 0 Å². The number of nitrogens with zero attached hydrogens (tertiary/aromatic N) is 1. The van der Waals surface area contributed by atoms with Gasteiger partial charge in [0.2, 0.25) is 0 Å². The molecule has 1 aromatic heterocycles. The summed E-state index contributed by atoms with van der Waals surface area (Å²) in [4.78, 5) is 4.23. The monoisotopic (exact) mass is 279 g/mol. The highest BCUT2D eigenvalue weighted by molar-refractivity contribution is 5.63. The molecule has 0 fully saturated rings. The van der Waals surface area contributed by atoms with Crippen molar-refractivity contribution >= 4 is 17.2 Å². The third-order valence-electron chi connectivity index (χ3n) is 2.80. The van der Waals surface area contributed by atoms with Gasteiger partial charge in [-0.25, -0.2) is 4.98 Å². The first kappa shape index (κ1) is 12.5. The molecule has 5 nitrogen and oxygen atoms in total. The van der Waals surface area contributed by atoms with Crippen LogP contribution in [0.2, 0.25) is 0 Å². The molecule has 0 unspecified atom stereocenters. The molecular weight excluding hydrogens is 268 g/mol. The van der Waals surface area contributed by atoms with E-state index in [1.54, 1.807) is 25.1 Å². The summed E-state index contributed by atoms with van der Waals surface area (Å²) < 4.78 is 34.5. The second-order valence-electron chi connectivity index (χ2n) is 4.33. The fraction of sp³-hybridized carbons (Fsp3) is 0.154. The van der Waals surface area contributed by atoms with Crippen molar-refractivity contribution in [1.82, 2.24) is 4.98 Å². The first-order valence-electron chi connectivity index (χ1n) is 5.83. The van der Waals surface area contributed by atoms with Crippen LogP contribution < -0.4 is 20.5 Å². The van der Waals surface area contributed by atoms with Crippen molar-refractivity contribution in [2.75, 3.05) is 11.1 Å². The van der Waals surface area contributed by atoms with Gasteiger partial charge in [0.25, 0.3) is 0 Å². The largest absolute Gasteiger partial charge is 0.586 e. The molecule has 0 atom stereocenters. The van der Waals surface area contributed by atoms with Crippen LogP contribution in [0.15, 0.2) is 30.3 Å². The molecule has 0 aliphatic carbocycles. The Balaban J connectivity index is 1.84. The molecule has 0 saturated heterocycles. The van der Waals surface area contributed by atoms with Crippen molar-refractivity contribution in [2.24, 2.45) is 0 Å². The van der Waals surface area contributed by atoms with Gasteiger partial charge in [0.05, 0.1) is 11.4 Å². The molecule has 1 aliphatic rings. The summed E-state index contributed by atoms with van der Waals surface area (Å²) in [5, 5.41) is 2.98. The molecule has 1 aromatic carbocycles. The molecule has 1 aliphatic heterocycles. The number of fused-ring (bicyclic) bond motifs is 1. The molecule has 2 heterocycles. The summed E-state index contributed by atoms with van der Waals surface area (Å²) in [6.45, 7) is 1.78. The van der Waals surface area contributed by atoms with E-state index in [0.717, 1.165) is 0 Å². The molecule has 20 heavy (non-hydrogen) atoms. The van der Waals surface area contributed by atoms with Crippen molar-refractivity contribution in [3.05, 3.63) is 36.0 Å². The minimum Gasteiger partial charge on any atom is -0.397 e. The van der Waals surface area contributed by atoms with Gasteiger partial charge < -0.3 is 20.5 Å². The number of alkyl halides is 2. The number of nitrogens with one attached hydrogen (secondary N) is 1. The third-order valence-corrected chi connectivity index (χ3v) is 2.80. The van der Waals surface area contributed by atoms with Crippen molar-refractivity contribution in [3.63, 3.8) is 0 Å². The average Bonchev–Trinajstić information content (AvgIpc) is 2.67. The Morgan fingerprint density at radius 3 is 2.65 bits per heavy atom. The Labute approximate surface area is 113 Å². The molecular formula is C13H11F2N3O2. The van der Waals surface area contributed by atoms with E-state index in [2.05, 4.69) is 19.8 Å². The molecule has 0 saturated carbocycles. The maximum atomic E-state index is 12.9. The number of halogens is 2. The van der Waals surface area contributed by atoms with Gasteiger partial charge in [-0.1, -0.05) is 0 Å². The lowest BCUT2D eigenvalue weighted by Crippen LogP contribution is -2.25. The highest BCUT2D eigenvalue weighted by Crippen LogP contribution is 2.42. The Bertz CT molecular complexity index is 677. The second-order valence-corrected chi connectivity index (χ2v) is 4.33. The molecule has 0 amide bonds. The lowest BCUT2D eigenvalue weighted by Gasteiger charge is -2.08. The summed E-state index contributed by atoms with van der Waals surface area (Å²) >= 11 is 0. The molecule has 3 N–H and O–H groups in total. The van der Waals surface area contributed by atoms with Gasteiger partial charge in [0.1, 0.15) is 5.82 Å². The van der Waals surface area contributed by atoms with Crippen LogP contribution in [-0.4, -0.2) is 11.3 Å². The topological polar surface area (TPSA) is 69.4 Å². The number of anilines is 3. The van der Waals surface area contributed by atoms with E-state index in [4.69, 9.17) is 5.73 Å². The van der Waals surface area contributed by atoms with Crippen LogP contribution in [0.25, 0.3) is 0 Å². The zero-order chi connectivity index (χ0) is 14.3. The lowest BCUT2D eigenvalue weighted by molar-refractivity contribution is -0.286. The van der Waals surface area contributed by atoms with Gasteiger partial charge in [-0.05, 0) is 31.2 Å². The number of nitrogens with two attached hydrogens (primary N) is 1. The van der Waals surface area contributed by atoms with E-state index in [-0.39, 0.29) is 11.5 Å². The van der Waals surface area contributed by atoms with E-state index >= 15 is 0 Å². The zero-order valence-corrected chi connectivity index (χ0v) is 10.5. The highest BCUT2D eigenvalue weighted by Gasteiger charge is 2.43. The third kappa shape index (κ3) is 2.29. The number of benzene rings is 1. The van der Waals surface area contributed by atoms with Gasteiger partial charge in [-0.3, -0.25) is 0 Å². The zero-order valence-electron chi connectivity index (χ0n) is 10.5. The quantitative estimate of drug-likeness (QED) is 0.884. The summed E-state index contributed by atoms with van der Waals surface area (Å²) in [5.41, 5.74) is 7.50. The molecule has 2 aromatic rings. The first-order chi connectivity index (χ1) is 9.43. The minimum atomic E-state index is -3.61. The van der Waals surface area contributed by atoms with Crippen LogP contribution in [0, 0.1) is 6.92 Å². The van der Waals surface area contributed by atoms with Crippen LogP contribution in [0.3, 0.4) is 0 Å². The highest BCUT2D eigenvalue weighted by atomic mass is 19.3. The van der Waals surface area contributed by atoms with E-state index in [0.29, 0.717) is 22.9 Å². The van der Waals surface area contributed by atoms with Crippen LogP contribution in [0.1, 0.15) is 5.69 Å². The van der Waals surface area contributed by atoms with Crippen LogP contribution in [0.5, 0.6) is 11.5 Å². The normalized spacial score (nSPS) is 15.2. The molecule has 7 heteroatoms. The SMILES string of the molecule is Cc1nc(Nc2ccc3c(c2)OC(F)(F)O3)ccc1N. The number of rotatable bonds is 2. The minimum absolute atomic E-state index is 0.00185. The molecule has 0 bridgehead atoms. The van der Waals surface area contributed by atoms with Gasteiger partial charge in [-0.15, -0.1) is 8.78 Å². The number of pyridine rings is 1. The number of hydrogen-bond acceptors (Lipinski definition) is 5. The average molecular weight is 279 g/mol. The summed E-state index contributed by atoms with van der Waals surface area (Å²) in [6, 6.07) is 7.83. The standard InChI is InChI=1S/C13H11F2N3O2/c1-7-9(16)3-5-12(17-7)18-8-2-4-10-11(6-8)20-13(14,15)19-10/h2-6H,16H2,1H3,(H,17,18). The lowest BCUT2D eigenvalue weighted by atomic mass is 10.2. The predicted molar refractivity (Wildman–Crippen MR) is 69.3 cm³/mol. The van der Waals surface area contributed by atoms with Gasteiger partial charge in [0.15, 0.2) is 11.5 Å². The van der Waals surface area contributed by atoms with Crippen molar-refractivity contribution in [2.45, 2.75) is 13.2 Å². The summed E-state index contributed by atoms with van der Waals surface area (Å²) in [6.07, 6.45) is -3.61.